The minimum absolute atomic E-state index is 0.631. The summed E-state index contributed by atoms with van der Waals surface area (Å²) in [5.74, 6) is 2.12. The van der Waals surface area contributed by atoms with E-state index in [0.717, 1.165) is 76.2 Å². The van der Waals surface area contributed by atoms with E-state index in [1.165, 1.54) is 0 Å². The number of benzene rings is 2. The van der Waals surface area contributed by atoms with Gasteiger partial charge >= 0.3 is 0 Å². The van der Waals surface area contributed by atoms with Crippen LogP contribution in [0.2, 0.25) is 5.02 Å². The molecule has 6 rings (SSSR count). The summed E-state index contributed by atoms with van der Waals surface area (Å²) in [6.07, 6.45) is 2.55. The second-order valence-electron chi connectivity index (χ2n) is 9.14. The fourth-order valence-electron chi connectivity index (χ4n) is 5.20. The molecule has 6 nitrogen and oxygen atoms in total. The van der Waals surface area contributed by atoms with Crippen molar-refractivity contribution in [3.05, 3.63) is 100 Å². The van der Waals surface area contributed by atoms with Gasteiger partial charge in [0.15, 0.2) is 5.65 Å². The van der Waals surface area contributed by atoms with Gasteiger partial charge in [0.05, 0.1) is 16.6 Å². The molecule has 3 aromatic heterocycles. The van der Waals surface area contributed by atoms with Crippen molar-refractivity contribution in [1.29, 1.82) is 5.26 Å². The third kappa shape index (κ3) is 3.82. The SMILES string of the molecule is Cc1c(Cc2ccc(Cl)cc2)c(N2CCN(c3ccccn3)CC2)n2c(nc3ccccc32)c1C#N. The summed E-state index contributed by atoms with van der Waals surface area (Å²) in [7, 11) is 0. The molecular weight excluding hydrogens is 468 g/mol. The minimum Gasteiger partial charge on any atom is -0.354 e. The molecule has 5 aromatic rings. The Balaban J connectivity index is 1.52. The molecule has 0 atom stereocenters. The molecule has 1 saturated heterocycles. The average Bonchev–Trinajstić information content (AvgIpc) is 3.30. The summed E-state index contributed by atoms with van der Waals surface area (Å²) < 4.78 is 2.20. The normalized spacial score (nSPS) is 13.9. The monoisotopic (exact) mass is 492 g/mol. The van der Waals surface area contributed by atoms with Gasteiger partial charge in [-0.3, -0.25) is 4.40 Å². The largest absolute Gasteiger partial charge is 0.354 e. The molecule has 4 heterocycles. The van der Waals surface area contributed by atoms with Crippen LogP contribution in [0.1, 0.15) is 22.3 Å². The van der Waals surface area contributed by atoms with Gasteiger partial charge in [0.2, 0.25) is 0 Å². The third-order valence-corrected chi connectivity index (χ3v) is 7.30. The second-order valence-corrected chi connectivity index (χ2v) is 9.58. The zero-order chi connectivity index (χ0) is 24.6. The quantitative estimate of drug-likeness (QED) is 0.325. The van der Waals surface area contributed by atoms with E-state index in [2.05, 4.69) is 56.4 Å². The maximum atomic E-state index is 10.2. The predicted molar refractivity (Wildman–Crippen MR) is 145 cm³/mol. The first-order valence-electron chi connectivity index (χ1n) is 12.1. The van der Waals surface area contributed by atoms with Gasteiger partial charge in [-0.1, -0.05) is 41.9 Å². The van der Waals surface area contributed by atoms with E-state index in [4.69, 9.17) is 16.6 Å². The standard InChI is InChI=1S/C29H25ClN6/c1-20-23(18-21-9-11-22(30)12-10-21)29(35-16-14-34(15-17-35)27-8-4-5-13-32-27)36-26-7-3-2-6-25(26)33-28(36)24(20)19-31/h2-13H,14-18H2,1H3. The lowest BCUT2D eigenvalue weighted by Crippen LogP contribution is -2.47. The highest BCUT2D eigenvalue weighted by atomic mass is 35.5. The predicted octanol–water partition coefficient (Wildman–Crippen LogP) is 5.63. The number of halogens is 1. The number of nitrogens with zero attached hydrogens (tertiary/aromatic N) is 6. The van der Waals surface area contributed by atoms with Crippen molar-refractivity contribution in [2.75, 3.05) is 36.0 Å². The van der Waals surface area contributed by atoms with Crippen LogP contribution >= 0.6 is 11.6 Å². The van der Waals surface area contributed by atoms with E-state index < -0.39 is 0 Å². The van der Waals surface area contributed by atoms with Crippen molar-refractivity contribution >= 4 is 39.9 Å². The molecule has 178 valence electrons. The number of hydrogen-bond donors (Lipinski definition) is 0. The topological polar surface area (TPSA) is 60.5 Å². The number of piperazine rings is 1. The number of fused-ring (bicyclic) bond motifs is 3. The van der Waals surface area contributed by atoms with Crippen LogP contribution < -0.4 is 9.80 Å². The van der Waals surface area contributed by atoms with Crippen molar-refractivity contribution in [1.82, 2.24) is 14.4 Å². The Bertz CT molecular complexity index is 1590. The number of aromatic nitrogens is 3. The van der Waals surface area contributed by atoms with E-state index in [-0.39, 0.29) is 0 Å². The second kappa shape index (κ2) is 9.18. The fraction of sp³-hybridized carbons (Fsp3) is 0.207. The molecule has 0 saturated carbocycles. The van der Waals surface area contributed by atoms with E-state index in [9.17, 15) is 5.26 Å². The lowest BCUT2D eigenvalue weighted by molar-refractivity contribution is 0.637. The van der Waals surface area contributed by atoms with E-state index in [0.29, 0.717) is 12.0 Å². The summed E-state index contributed by atoms with van der Waals surface area (Å²) in [4.78, 5) is 14.2. The van der Waals surface area contributed by atoms with Crippen LogP contribution in [-0.4, -0.2) is 40.5 Å². The zero-order valence-electron chi connectivity index (χ0n) is 20.0. The summed E-state index contributed by atoms with van der Waals surface area (Å²) in [6.45, 7) is 5.47. The molecule has 0 spiro atoms. The highest BCUT2D eigenvalue weighted by Gasteiger charge is 2.27. The Morgan fingerprint density at radius 3 is 2.36 bits per heavy atom. The number of para-hydroxylation sites is 2. The molecule has 1 fully saturated rings. The highest BCUT2D eigenvalue weighted by Crippen LogP contribution is 2.35. The van der Waals surface area contributed by atoms with Gasteiger partial charge < -0.3 is 9.80 Å². The first-order valence-corrected chi connectivity index (χ1v) is 12.5. The van der Waals surface area contributed by atoms with Crippen molar-refractivity contribution in [3.8, 4) is 6.07 Å². The van der Waals surface area contributed by atoms with Crippen molar-refractivity contribution in [2.45, 2.75) is 13.3 Å². The van der Waals surface area contributed by atoms with E-state index in [1.807, 2.05) is 48.7 Å². The molecule has 36 heavy (non-hydrogen) atoms. The van der Waals surface area contributed by atoms with Gasteiger partial charge in [0.1, 0.15) is 17.7 Å². The van der Waals surface area contributed by atoms with Crippen molar-refractivity contribution in [3.63, 3.8) is 0 Å². The summed E-state index contributed by atoms with van der Waals surface area (Å²) >= 11 is 6.17. The highest BCUT2D eigenvalue weighted by molar-refractivity contribution is 6.30. The molecule has 1 aliphatic rings. The number of anilines is 2. The number of nitriles is 1. The molecule has 0 unspecified atom stereocenters. The summed E-state index contributed by atoms with van der Waals surface area (Å²) in [6, 6.07) is 24.6. The molecule has 1 aliphatic heterocycles. The number of pyridine rings is 2. The Hall–Kier alpha value is -4.08. The average molecular weight is 493 g/mol. The van der Waals surface area contributed by atoms with Crippen LogP contribution in [-0.2, 0) is 6.42 Å². The summed E-state index contributed by atoms with van der Waals surface area (Å²) in [5, 5.41) is 10.9. The van der Waals surface area contributed by atoms with Crippen LogP contribution in [0.5, 0.6) is 0 Å². The first-order chi connectivity index (χ1) is 17.6. The van der Waals surface area contributed by atoms with Gasteiger partial charge in [-0.2, -0.15) is 5.26 Å². The van der Waals surface area contributed by atoms with Gasteiger partial charge in [-0.05, 0) is 54.4 Å². The molecule has 2 aromatic carbocycles. The number of imidazole rings is 1. The van der Waals surface area contributed by atoms with Crippen LogP contribution in [0.25, 0.3) is 16.7 Å². The molecule has 7 heteroatoms. The van der Waals surface area contributed by atoms with Crippen LogP contribution in [0, 0.1) is 18.3 Å². The van der Waals surface area contributed by atoms with Gasteiger partial charge in [0, 0.05) is 49.4 Å². The molecule has 0 N–H and O–H groups in total. The van der Waals surface area contributed by atoms with E-state index >= 15 is 0 Å². The lowest BCUT2D eigenvalue weighted by Gasteiger charge is -2.38. The molecule has 0 radical (unpaired) electrons. The Labute approximate surface area is 215 Å². The van der Waals surface area contributed by atoms with Crippen molar-refractivity contribution < 1.29 is 0 Å². The van der Waals surface area contributed by atoms with Crippen LogP contribution in [0.4, 0.5) is 11.6 Å². The Kier molecular flexibility index (Phi) is 5.71. The lowest BCUT2D eigenvalue weighted by atomic mass is 9.97. The molecule has 0 amide bonds. The van der Waals surface area contributed by atoms with E-state index in [1.54, 1.807) is 0 Å². The van der Waals surface area contributed by atoms with Gasteiger partial charge in [0.25, 0.3) is 0 Å². The third-order valence-electron chi connectivity index (χ3n) is 7.05. The maximum absolute atomic E-state index is 10.2. The zero-order valence-corrected chi connectivity index (χ0v) is 20.8. The Morgan fingerprint density at radius 1 is 0.917 bits per heavy atom. The number of hydrogen-bond acceptors (Lipinski definition) is 5. The maximum Gasteiger partial charge on any atom is 0.157 e. The smallest absolute Gasteiger partial charge is 0.157 e. The van der Waals surface area contributed by atoms with Gasteiger partial charge in [-0.15, -0.1) is 0 Å². The molecule has 0 bridgehead atoms. The summed E-state index contributed by atoms with van der Waals surface area (Å²) in [5.41, 5.74) is 6.55. The van der Waals surface area contributed by atoms with Crippen LogP contribution in [0.15, 0.2) is 72.9 Å². The first kappa shape index (κ1) is 22.4. The molecule has 0 aliphatic carbocycles. The van der Waals surface area contributed by atoms with Crippen LogP contribution in [0.3, 0.4) is 0 Å². The fourth-order valence-corrected chi connectivity index (χ4v) is 5.33. The van der Waals surface area contributed by atoms with Gasteiger partial charge in [-0.25, -0.2) is 9.97 Å². The number of rotatable bonds is 4. The van der Waals surface area contributed by atoms with Crippen molar-refractivity contribution in [2.24, 2.45) is 0 Å². The Morgan fingerprint density at radius 2 is 1.64 bits per heavy atom. The molecular formula is C29H25ClN6. The minimum atomic E-state index is 0.631.